The number of nitrogens with one attached hydrogen (secondary N) is 1. The first kappa shape index (κ1) is 25.8. The first-order valence-electron chi connectivity index (χ1n) is 12.2. The molecule has 1 fully saturated rings. The van der Waals surface area contributed by atoms with Crippen LogP contribution in [0.5, 0.6) is 0 Å². The normalized spacial score (nSPS) is 17.3. The molecule has 0 bridgehead atoms. The third kappa shape index (κ3) is 5.92. The lowest BCUT2D eigenvalue weighted by molar-refractivity contribution is 0.102. The molecule has 9 nitrogen and oxygen atoms in total. The molecule has 10 heteroatoms. The minimum Gasteiger partial charge on any atom is -0.370 e. The summed E-state index contributed by atoms with van der Waals surface area (Å²) in [5, 5.41) is 7.39. The molecule has 0 saturated carbocycles. The zero-order chi connectivity index (χ0) is 25.9. The number of pyridine rings is 2. The lowest BCUT2D eigenvalue weighted by atomic mass is 9.97. The van der Waals surface area contributed by atoms with Crippen molar-refractivity contribution >= 4 is 27.3 Å². The van der Waals surface area contributed by atoms with Gasteiger partial charge in [-0.15, -0.1) is 0 Å². The number of aryl methyl sites for hydroxylation is 2. The summed E-state index contributed by atoms with van der Waals surface area (Å²) in [6.45, 7) is 10.5. The molecule has 0 aromatic carbocycles. The van der Waals surface area contributed by atoms with Crippen LogP contribution in [0.15, 0.2) is 53.8 Å². The molecule has 4 rings (SSSR count). The van der Waals surface area contributed by atoms with E-state index in [1.165, 1.54) is 6.07 Å². The number of Topliss-reactive ketones (excluding diaryl/α,β-unsaturated/α-hetero) is 1. The van der Waals surface area contributed by atoms with Crippen molar-refractivity contribution in [1.82, 2.24) is 19.7 Å². The summed E-state index contributed by atoms with van der Waals surface area (Å²) in [5.74, 6) is 0.308. The van der Waals surface area contributed by atoms with Crippen LogP contribution in [0.4, 0.5) is 11.6 Å². The molecule has 3 aromatic rings. The molecule has 0 aliphatic carbocycles. The number of sulfone groups is 1. The van der Waals surface area contributed by atoms with E-state index in [9.17, 15) is 13.2 Å². The van der Waals surface area contributed by atoms with Crippen LogP contribution in [0.25, 0.3) is 0 Å². The molecule has 1 aliphatic rings. The van der Waals surface area contributed by atoms with Gasteiger partial charge in [-0.05, 0) is 69.9 Å². The largest absolute Gasteiger partial charge is 0.370 e. The third-order valence-electron chi connectivity index (χ3n) is 6.42. The summed E-state index contributed by atoms with van der Waals surface area (Å²) in [4.78, 5) is 24.1. The van der Waals surface area contributed by atoms with Crippen molar-refractivity contribution in [2.24, 2.45) is 5.92 Å². The molecule has 1 aliphatic heterocycles. The number of anilines is 2. The summed E-state index contributed by atoms with van der Waals surface area (Å²) in [6, 6.07) is 10.1. The Bertz CT molecular complexity index is 1330. The van der Waals surface area contributed by atoms with E-state index in [0.29, 0.717) is 29.7 Å². The highest BCUT2D eigenvalue weighted by Crippen LogP contribution is 2.37. The van der Waals surface area contributed by atoms with Crippen LogP contribution >= 0.6 is 0 Å². The van der Waals surface area contributed by atoms with Crippen LogP contribution < -0.4 is 10.2 Å². The SMILES string of the molecule is Cc1ccn(CCCNc2cccc(S(=O)(=O)CC(=O)c3cccnc3N3CC(C)CC3(C)C)n2)n1. The molecule has 0 amide bonds. The Balaban J connectivity index is 1.44. The molecular weight excluding hydrogens is 476 g/mol. The number of carbonyl (C=O) groups excluding carboxylic acids is 1. The maximum atomic E-state index is 13.2. The molecule has 1 saturated heterocycles. The van der Waals surface area contributed by atoms with Gasteiger partial charge in [0.05, 0.1) is 11.3 Å². The summed E-state index contributed by atoms with van der Waals surface area (Å²) in [7, 11) is -3.94. The summed E-state index contributed by atoms with van der Waals surface area (Å²) in [6.07, 6.45) is 5.34. The highest BCUT2D eigenvalue weighted by molar-refractivity contribution is 7.92. The number of aromatic nitrogens is 4. The molecule has 1 atom stereocenters. The Morgan fingerprint density at radius 2 is 2.00 bits per heavy atom. The first-order valence-corrected chi connectivity index (χ1v) is 13.9. The van der Waals surface area contributed by atoms with Crippen molar-refractivity contribution in [2.75, 3.05) is 29.1 Å². The lowest BCUT2D eigenvalue weighted by Crippen LogP contribution is -2.39. The van der Waals surface area contributed by atoms with Gasteiger partial charge in [0, 0.05) is 37.6 Å². The van der Waals surface area contributed by atoms with Gasteiger partial charge in [0.2, 0.25) is 9.84 Å². The van der Waals surface area contributed by atoms with Crippen LogP contribution in [-0.4, -0.2) is 58.3 Å². The van der Waals surface area contributed by atoms with Gasteiger partial charge in [-0.2, -0.15) is 5.10 Å². The second-order valence-corrected chi connectivity index (χ2v) is 12.1. The highest BCUT2D eigenvalue weighted by atomic mass is 32.2. The number of rotatable bonds is 10. The molecular formula is C26H34N6O3S. The second kappa shape index (κ2) is 10.4. The lowest BCUT2D eigenvalue weighted by Gasteiger charge is -2.33. The topological polar surface area (TPSA) is 110 Å². The van der Waals surface area contributed by atoms with Crippen molar-refractivity contribution in [3.63, 3.8) is 0 Å². The molecule has 0 radical (unpaired) electrons. The second-order valence-electron chi connectivity index (χ2n) is 10.2. The van der Waals surface area contributed by atoms with Crippen LogP contribution in [0.2, 0.25) is 0 Å². The number of hydrogen-bond donors (Lipinski definition) is 1. The quantitative estimate of drug-likeness (QED) is 0.324. The van der Waals surface area contributed by atoms with Crippen LogP contribution in [-0.2, 0) is 16.4 Å². The number of hydrogen-bond acceptors (Lipinski definition) is 8. The van der Waals surface area contributed by atoms with Crippen molar-refractivity contribution in [3.05, 3.63) is 60.0 Å². The summed E-state index contributed by atoms with van der Waals surface area (Å²) in [5.41, 5.74) is 1.13. The van der Waals surface area contributed by atoms with Gasteiger partial charge in [0.15, 0.2) is 10.8 Å². The summed E-state index contributed by atoms with van der Waals surface area (Å²) < 4.78 is 28.2. The fraction of sp³-hybridized carbons (Fsp3) is 0.462. The average molecular weight is 511 g/mol. The van der Waals surface area contributed by atoms with E-state index < -0.39 is 21.4 Å². The predicted octanol–water partition coefficient (Wildman–Crippen LogP) is 3.77. The maximum absolute atomic E-state index is 13.2. The molecule has 192 valence electrons. The van der Waals surface area contributed by atoms with Gasteiger partial charge in [0.25, 0.3) is 0 Å². The Labute approximate surface area is 212 Å². The minimum atomic E-state index is -3.94. The van der Waals surface area contributed by atoms with Gasteiger partial charge in [0.1, 0.15) is 17.4 Å². The van der Waals surface area contributed by atoms with Crippen LogP contribution in [0.1, 0.15) is 49.7 Å². The zero-order valence-electron chi connectivity index (χ0n) is 21.3. The van der Waals surface area contributed by atoms with Crippen molar-refractivity contribution in [1.29, 1.82) is 0 Å². The molecule has 1 N–H and O–H groups in total. The monoisotopic (exact) mass is 510 g/mol. The molecule has 0 spiro atoms. The number of ketones is 1. The number of nitrogens with zero attached hydrogens (tertiary/aromatic N) is 5. The average Bonchev–Trinajstić information content (AvgIpc) is 3.37. The van der Waals surface area contributed by atoms with Gasteiger partial charge in [-0.25, -0.2) is 18.4 Å². The summed E-state index contributed by atoms with van der Waals surface area (Å²) >= 11 is 0. The Hall–Kier alpha value is -3.27. The predicted molar refractivity (Wildman–Crippen MR) is 140 cm³/mol. The van der Waals surface area contributed by atoms with Crippen LogP contribution in [0.3, 0.4) is 0 Å². The van der Waals surface area contributed by atoms with Crippen LogP contribution in [0, 0.1) is 12.8 Å². The third-order valence-corrected chi connectivity index (χ3v) is 7.93. The van der Waals surface area contributed by atoms with E-state index in [1.54, 1.807) is 30.5 Å². The first-order chi connectivity index (χ1) is 17.0. The van der Waals surface area contributed by atoms with E-state index in [2.05, 4.69) is 46.1 Å². The van der Waals surface area contributed by atoms with Gasteiger partial charge in [-0.3, -0.25) is 9.48 Å². The minimum absolute atomic E-state index is 0.121. The maximum Gasteiger partial charge on any atom is 0.203 e. The van der Waals surface area contributed by atoms with E-state index in [4.69, 9.17) is 0 Å². The van der Waals surface area contributed by atoms with Gasteiger partial charge in [-0.1, -0.05) is 13.0 Å². The van der Waals surface area contributed by atoms with E-state index >= 15 is 0 Å². The Kier molecular flexibility index (Phi) is 7.44. The van der Waals surface area contributed by atoms with Crippen molar-refractivity contribution < 1.29 is 13.2 Å². The standard InChI is InChI=1S/C26H34N6O3S/c1-19-16-26(3,4)32(17-19)25-21(8-6-12-28-25)22(33)18-36(34,35)24-10-5-9-23(29-24)27-13-7-14-31-15-11-20(2)30-31/h5-6,8-12,15,19H,7,13-14,16-18H2,1-4H3,(H,27,29). The highest BCUT2D eigenvalue weighted by Gasteiger charge is 2.39. The Morgan fingerprint density at radius 3 is 2.69 bits per heavy atom. The molecule has 1 unspecified atom stereocenters. The smallest absolute Gasteiger partial charge is 0.203 e. The van der Waals surface area contributed by atoms with Gasteiger partial charge < -0.3 is 10.2 Å². The zero-order valence-corrected chi connectivity index (χ0v) is 22.1. The van der Waals surface area contributed by atoms with E-state index in [1.807, 2.05) is 23.9 Å². The fourth-order valence-corrected chi connectivity index (χ4v) is 6.02. The van der Waals surface area contributed by atoms with E-state index in [-0.39, 0.29) is 10.6 Å². The Morgan fingerprint density at radius 1 is 1.19 bits per heavy atom. The molecule has 3 aromatic heterocycles. The van der Waals surface area contributed by atoms with Crippen molar-refractivity contribution in [2.45, 2.75) is 57.6 Å². The van der Waals surface area contributed by atoms with Crippen molar-refractivity contribution in [3.8, 4) is 0 Å². The molecule has 36 heavy (non-hydrogen) atoms. The van der Waals surface area contributed by atoms with Gasteiger partial charge >= 0.3 is 0 Å². The fourth-order valence-electron chi connectivity index (χ4n) is 4.85. The van der Waals surface area contributed by atoms with E-state index in [0.717, 1.165) is 31.6 Å². The molecule has 4 heterocycles. The number of carbonyl (C=O) groups is 1.